The van der Waals surface area contributed by atoms with Crippen LogP contribution in [0.2, 0.25) is 0 Å². The van der Waals surface area contributed by atoms with E-state index in [1.165, 1.54) is 0 Å². The number of nitrogens with two attached hydrogens (primary N) is 1. The van der Waals surface area contributed by atoms with Crippen LogP contribution in [0.5, 0.6) is 0 Å². The zero-order valence-electron chi connectivity index (χ0n) is 21.9. The second kappa shape index (κ2) is 10.3. The van der Waals surface area contributed by atoms with Crippen LogP contribution in [0.25, 0.3) is 21.5 Å². The highest BCUT2D eigenvalue weighted by Crippen LogP contribution is 2.36. The molecule has 1 amide bonds. The normalized spacial score (nSPS) is 17.4. The molecule has 5 rings (SSSR count). The molecule has 3 aromatic rings. The summed E-state index contributed by atoms with van der Waals surface area (Å²) in [6.07, 6.45) is 1.50. The van der Waals surface area contributed by atoms with Gasteiger partial charge in [-0.25, -0.2) is 24.7 Å². The van der Waals surface area contributed by atoms with Crippen molar-refractivity contribution in [3.8, 4) is 11.3 Å². The summed E-state index contributed by atoms with van der Waals surface area (Å²) in [6.45, 7) is 14.0. The molecule has 0 spiro atoms. The van der Waals surface area contributed by atoms with E-state index in [1.54, 1.807) is 22.4 Å². The molecular weight excluding hydrogens is 492 g/mol. The fourth-order valence-corrected chi connectivity index (χ4v) is 5.53. The van der Waals surface area contributed by atoms with Gasteiger partial charge in [-0.2, -0.15) is 0 Å². The largest absolute Gasteiger partial charge is 0.444 e. The lowest BCUT2D eigenvalue weighted by atomic mass is 10.1. The van der Waals surface area contributed by atoms with Gasteiger partial charge in [-0.05, 0) is 33.1 Å². The number of piperazine rings is 1. The van der Waals surface area contributed by atoms with Gasteiger partial charge in [-0.15, -0.1) is 11.3 Å². The Labute approximate surface area is 220 Å². The average molecular weight is 527 g/mol. The molecule has 12 heteroatoms. The van der Waals surface area contributed by atoms with Crippen LogP contribution in [0, 0.1) is 6.92 Å². The molecule has 0 radical (unpaired) electrons. The van der Waals surface area contributed by atoms with Crippen molar-refractivity contribution in [3.05, 3.63) is 22.8 Å². The molecule has 37 heavy (non-hydrogen) atoms. The Kier molecular flexibility index (Phi) is 7.15. The van der Waals surface area contributed by atoms with Crippen LogP contribution < -0.4 is 10.6 Å². The third kappa shape index (κ3) is 5.76. The number of ether oxygens (including phenoxy) is 2. The fraction of sp³-hybridized carbons (Fsp3) is 0.560. The molecule has 2 fully saturated rings. The number of carbonyl (C=O) groups excluding carboxylic acids is 1. The summed E-state index contributed by atoms with van der Waals surface area (Å²) in [5, 5.41) is 2.17. The molecule has 2 aliphatic heterocycles. The first kappa shape index (κ1) is 25.6. The van der Waals surface area contributed by atoms with E-state index in [9.17, 15) is 4.79 Å². The zero-order valence-corrected chi connectivity index (χ0v) is 22.7. The SMILES string of the molecule is Cc1nc(N)ncc1-c1nc(N2CCOCC2)nc2c(CN3CCN(C(=O)OC(C)(C)C)CC3)csc12. The predicted octanol–water partition coefficient (Wildman–Crippen LogP) is 2.93. The number of morpholine rings is 1. The van der Waals surface area contributed by atoms with E-state index in [-0.39, 0.29) is 12.0 Å². The molecule has 0 aromatic carbocycles. The van der Waals surface area contributed by atoms with Gasteiger partial charge in [0, 0.05) is 63.1 Å². The summed E-state index contributed by atoms with van der Waals surface area (Å²) in [7, 11) is 0. The monoisotopic (exact) mass is 526 g/mol. The van der Waals surface area contributed by atoms with Gasteiger partial charge in [-0.1, -0.05) is 0 Å². The summed E-state index contributed by atoms with van der Waals surface area (Å²) in [6, 6.07) is 0. The second-order valence-corrected chi connectivity index (χ2v) is 11.3. The van der Waals surface area contributed by atoms with Crippen LogP contribution in [0.1, 0.15) is 32.0 Å². The number of anilines is 2. The summed E-state index contributed by atoms with van der Waals surface area (Å²) >= 11 is 1.64. The Morgan fingerprint density at radius 3 is 2.51 bits per heavy atom. The van der Waals surface area contributed by atoms with Gasteiger partial charge in [0.1, 0.15) is 5.60 Å². The van der Waals surface area contributed by atoms with E-state index in [2.05, 4.69) is 25.1 Å². The molecule has 0 atom stereocenters. The van der Waals surface area contributed by atoms with E-state index in [0.29, 0.717) is 32.3 Å². The fourth-order valence-electron chi connectivity index (χ4n) is 4.53. The molecule has 11 nitrogen and oxygen atoms in total. The molecule has 0 unspecified atom stereocenters. The highest BCUT2D eigenvalue weighted by atomic mass is 32.1. The average Bonchev–Trinajstić information content (AvgIpc) is 3.26. The minimum atomic E-state index is -0.493. The van der Waals surface area contributed by atoms with E-state index >= 15 is 0 Å². The molecule has 3 aromatic heterocycles. The third-order valence-electron chi connectivity index (χ3n) is 6.44. The van der Waals surface area contributed by atoms with Crippen LogP contribution >= 0.6 is 11.3 Å². The number of carbonyl (C=O) groups is 1. The van der Waals surface area contributed by atoms with Crippen molar-refractivity contribution in [1.29, 1.82) is 0 Å². The quantitative estimate of drug-likeness (QED) is 0.543. The van der Waals surface area contributed by atoms with Crippen molar-refractivity contribution in [3.63, 3.8) is 0 Å². The van der Waals surface area contributed by atoms with Crippen LogP contribution in [0.15, 0.2) is 11.6 Å². The number of amides is 1. The van der Waals surface area contributed by atoms with E-state index in [1.807, 2.05) is 27.7 Å². The first-order valence-corrected chi connectivity index (χ1v) is 13.5. The number of nitrogens with zero attached hydrogens (tertiary/aromatic N) is 7. The minimum absolute atomic E-state index is 0.248. The van der Waals surface area contributed by atoms with Crippen LogP contribution in [-0.4, -0.2) is 93.9 Å². The molecule has 2 N–H and O–H groups in total. The maximum Gasteiger partial charge on any atom is 0.410 e. The first-order valence-electron chi connectivity index (χ1n) is 12.6. The summed E-state index contributed by atoms with van der Waals surface area (Å²) in [5.41, 5.74) is 9.90. The standard InChI is InChI=1S/C25H34N8O3S/c1-16-18(13-27-22(26)28-16)20-21-19(29-23(30-20)32-9-11-35-12-10-32)17(15-37-21)14-31-5-7-33(8-6-31)24(34)36-25(2,3)4/h13,15H,5-12,14H2,1-4H3,(H2,26,27,28). The van der Waals surface area contributed by atoms with E-state index in [0.717, 1.165) is 65.5 Å². The van der Waals surface area contributed by atoms with Crippen molar-refractivity contribution in [2.24, 2.45) is 0 Å². The number of nitrogen functional groups attached to an aromatic ring is 1. The summed E-state index contributed by atoms with van der Waals surface area (Å²) < 4.78 is 12.1. The Bertz CT molecular complexity index is 1280. The van der Waals surface area contributed by atoms with Gasteiger partial charge < -0.3 is 25.0 Å². The third-order valence-corrected chi connectivity index (χ3v) is 7.47. The topological polar surface area (TPSA) is 123 Å². The lowest BCUT2D eigenvalue weighted by Gasteiger charge is -2.35. The molecule has 0 aliphatic carbocycles. The van der Waals surface area contributed by atoms with Gasteiger partial charge in [0.05, 0.1) is 34.8 Å². The minimum Gasteiger partial charge on any atom is -0.444 e. The van der Waals surface area contributed by atoms with E-state index in [4.69, 9.17) is 25.2 Å². The summed E-state index contributed by atoms with van der Waals surface area (Å²) in [5.74, 6) is 0.939. The number of hydrogen-bond donors (Lipinski definition) is 1. The number of aryl methyl sites for hydroxylation is 1. The Morgan fingerprint density at radius 1 is 1.11 bits per heavy atom. The number of hydrogen-bond acceptors (Lipinski definition) is 11. The zero-order chi connectivity index (χ0) is 26.2. The number of thiophene rings is 1. The van der Waals surface area contributed by atoms with Gasteiger partial charge in [0.15, 0.2) is 0 Å². The molecule has 2 saturated heterocycles. The first-order chi connectivity index (χ1) is 17.7. The van der Waals surface area contributed by atoms with Gasteiger partial charge in [0.25, 0.3) is 0 Å². The molecule has 0 bridgehead atoms. The molecule has 198 valence electrons. The Hall–Kier alpha value is -3.09. The Morgan fingerprint density at radius 2 is 1.84 bits per heavy atom. The molecular formula is C25H34N8O3S. The van der Waals surface area contributed by atoms with Gasteiger partial charge >= 0.3 is 6.09 Å². The van der Waals surface area contributed by atoms with Crippen molar-refractivity contribution >= 4 is 39.5 Å². The van der Waals surface area contributed by atoms with Crippen molar-refractivity contribution in [2.45, 2.75) is 39.8 Å². The number of aromatic nitrogens is 4. The van der Waals surface area contributed by atoms with Crippen molar-refractivity contribution in [1.82, 2.24) is 29.7 Å². The molecule has 2 aliphatic rings. The van der Waals surface area contributed by atoms with Gasteiger partial charge in [0.2, 0.25) is 11.9 Å². The van der Waals surface area contributed by atoms with Crippen LogP contribution in [-0.2, 0) is 16.0 Å². The van der Waals surface area contributed by atoms with Crippen LogP contribution in [0.3, 0.4) is 0 Å². The maximum atomic E-state index is 12.5. The lowest BCUT2D eigenvalue weighted by molar-refractivity contribution is 0.0139. The molecule has 0 saturated carbocycles. The van der Waals surface area contributed by atoms with Gasteiger partial charge in [-0.3, -0.25) is 4.90 Å². The lowest BCUT2D eigenvalue weighted by Crippen LogP contribution is -2.49. The predicted molar refractivity (Wildman–Crippen MR) is 144 cm³/mol. The van der Waals surface area contributed by atoms with Crippen molar-refractivity contribution < 1.29 is 14.3 Å². The number of fused-ring (bicyclic) bond motifs is 1. The van der Waals surface area contributed by atoms with E-state index < -0.39 is 5.60 Å². The second-order valence-electron chi connectivity index (χ2n) is 10.4. The highest BCUT2D eigenvalue weighted by Gasteiger charge is 2.27. The summed E-state index contributed by atoms with van der Waals surface area (Å²) in [4.78, 5) is 37.4. The van der Waals surface area contributed by atoms with Crippen molar-refractivity contribution in [2.75, 3.05) is 63.1 Å². The smallest absolute Gasteiger partial charge is 0.410 e. The number of rotatable bonds is 4. The molecule has 5 heterocycles. The van der Waals surface area contributed by atoms with Crippen LogP contribution in [0.4, 0.5) is 16.7 Å². The Balaban J connectivity index is 1.42. The highest BCUT2D eigenvalue weighted by molar-refractivity contribution is 7.17. The maximum absolute atomic E-state index is 12.5.